The van der Waals surface area contributed by atoms with E-state index in [1.54, 1.807) is 32.5 Å². The molecule has 3 amide bonds. The van der Waals surface area contributed by atoms with Crippen LogP contribution in [-0.4, -0.2) is 106 Å². The van der Waals surface area contributed by atoms with Crippen molar-refractivity contribution >= 4 is 34.6 Å². The fourth-order valence-electron chi connectivity index (χ4n) is 9.09. The summed E-state index contributed by atoms with van der Waals surface area (Å²) in [6, 6.07) is 13.0. The highest BCUT2D eigenvalue weighted by Gasteiger charge is 2.40. The Labute approximate surface area is 358 Å². The van der Waals surface area contributed by atoms with Crippen LogP contribution < -0.4 is 16.1 Å². The summed E-state index contributed by atoms with van der Waals surface area (Å²) in [6.07, 6.45) is 3.50. The molecule has 2 saturated heterocycles. The maximum absolute atomic E-state index is 14.6. The topological polar surface area (TPSA) is 177 Å². The van der Waals surface area contributed by atoms with Crippen LogP contribution in [-0.2, 0) is 48.0 Å². The normalized spacial score (nSPS) is 21.6. The van der Waals surface area contributed by atoms with Crippen molar-refractivity contribution < 1.29 is 33.8 Å². The monoisotopic (exact) mass is 835 g/mol. The van der Waals surface area contributed by atoms with Crippen molar-refractivity contribution in [2.45, 2.75) is 110 Å². The quantitative estimate of drug-likeness (QED) is 0.128. The van der Waals surface area contributed by atoms with Crippen LogP contribution in [0.15, 0.2) is 54.7 Å². The molecule has 14 heteroatoms. The van der Waals surface area contributed by atoms with Crippen molar-refractivity contribution in [1.29, 1.82) is 0 Å². The molecule has 5 atom stereocenters. The molecule has 3 aliphatic rings. The summed E-state index contributed by atoms with van der Waals surface area (Å²) in [4.78, 5) is 61.7. The Morgan fingerprint density at radius 2 is 1.87 bits per heavy atom. The van der Waals surface area contributed by atoms with Crippen molar-refractivity contribution in [3.63, 3.8) is 0 Å². The maximum atomic E-state index is 14.6. The number of hydrogen-bond donors (Lipinski definition) is 4. The van der Waals surface area contributed by atoms with Gasteiger partial charge in [-0.15, -0.1) is 0 Å². The third-order valence-corrected chi connectivity index (χ3v) is 12.3. The van der Waals surface area contributed by atoms with E-state index in [1.807, 2.05) is 39.0 Å². The number of aryl methyl sites for hydroxylation is 1. The standard InChI is InChI=1S/C47H61N7O7/c1-9-53-39-15-14-30-22-35(39)36(43(53)34-13-10-16-48-41(34)28(4)60-8)24-47(5,6)26-61-40(56)23-32-12-11-17-54(51-32)46(59)37(20-29-18-31(30)21-33(55)19-29)50-44(57)42(27(2)3)52(7)45(58)38-25-49-38/h10,13-16,18-19,21-22,27-28,32,37-38,42,49,51,55H,9,11-12,17,20,23-26H2,1-8H3,(H,50,57)/t28-,32-,37-,38-,42-/m0/s1. The number of nitrogens with zero attached hydrogens (tertiary/aromatic N) is 4. The number of methoxy groups -OCH3 is 1. The molecule has 326 valence electrons. The van der Waals surface area contributed by atoms with Crippen molar-refractivity contribution in [2.75, 3.05) is 33.9 Å². The van der Waals surface area contributed by atoms with Gasteiger partial charge in [0.1, 0.15) is 17.8 Å². The van der Waals surface area contributed by atoms with Crippen molar-refractivity contribution in [2.24, 2.45) is 11.3 Å². The lowest BCUT2D eigenvalue weighted by Crippen LogP contribution is -2.61. The van der Waals surface area contributed by atoms with E-state index < -0.39 is 23.4 Å². The molecule has 2 fully saturated rings. The predicted molar refractivity (Wildman–Crippen MR) is 233 cm³/mol. The number of carbonyl (C=O) groups is 4. The molecule has 0 aliphatic carbocycles. The average Bonchev–Trinajstić information content (AvgIpc) is 4.04. The Hall–Kier alpha value is -5.31. The first-order chi connectivity index (χ1) is 29.1. The smallest absolute Gasteiger partial charge is 0.307 e. The zero-order valence-electron chi connectivity index (χ0n) is 36.7. The summed E-state index contributed by atoms with van der Waals surface area (Å²) >= 11 is 0. The zero-order valence-corrected chi connectivity index (χ0v) is 36.7. The number of phenolic OH excluding ortho intramolecular Hbond substituents is 1. The van der Waals surface area contributed by atoms with E-state index in [-0.39, 0.29) is 67.1 Å². The van der Waals surface area contributed by atoms with E-state index in [2.05, 4.69) is 59.6 Å². The molecule has 6 bridgehead atoms. The van der Waals surface area contributed by atoms with Gasteiger partial charge < -0.3 is 34.7 Å². The van der Waals surface area contributed by atoms with Crippen LogP contribution in [0.4, 0.5) is 0 Å². The molecule has 14 nitrogen and oxygen atoms in total. The molecule has 4 N–H and O–H groups in total. The molecule has 61 heavy (non-hydrogen) atoms. The fraction of sp³-hybridized carbons (Fsp3) is 0.511. The lowest BCUT2D eigenvalue weighted by atomic mass is 9.84. The largest absolute Gasteiger partial charge is 0.508 e. The average molecular weight is 836 g/mol. The zero-order chi connectivity index (χ0) is 43.7. The molecule has 3 aliphatic heterocycles. The Bertz CT molecular complexity index is 2300. The van der Waals surface area contributed by atoms with E-state index in [4.69, 9.17) is 14.5 Å². The molecule has 0 spiro atoms. The third-order valence-electron chi connectivity index (χ3n) is 12.3. The molecule has 4 aromatic rings. The Kier molecular flexibility index (Phi) is 12.9. The van der Waals surface area contributed by atoms with Crippen LogP contribution >= 0.6 is 0 Å². The van der Waals surface area contributed by atoms with E-state index in [9.17, 15) is 24.3 Å². The predicted octanol–water partition coefficient (Wildman–Crippen LogP) is 5.30. The molecule has 5 heterocycles. The number of aromatic nitrogens is 2. The second-order valence-electron chi connectivity index (χ2n) is 18.0. The van der Waals surface area contributed by atoms with Crippen LogP contribution in [0.2, 0.25) is 0 Å². The van der Waals surface area contributed by atoms with Crippen LogP contribution in [0, 0.1) is 11.3 Å². The Morgan fingerprint density at radius 3 is 2.57 bits per heavy atom. The van der Waals surface area contributed by atoms with Crippen LogP contribution in [0.3, 0.4) is 0 Å². The molecule has 2 aromatic carbocycles. The van der Waals surface area contributed by atoms with Gasteiger partial charge in [0, 0.05) is 74.3 Å². The summed E-state index contributed by atoms with van der Waals surface area (Å²) in [6.45, 7) is 13.8. The number of rotatable bonds is 9. The van der Waals surface area contributed by atoms with Crippen LogP contribution in [0.1, 0.15) is 83.7 Å². The number of pyridine rings is 1. The molecule has 2 aromatic heterocycles. The minimum Gasteiger partial charge on any atom is -0.508 e. The van der Waals surface area contributed by atoms with Gasteiger partial charge in [-0.05, 0) is 97.7 Å². The number of benzene rings is 2. The summed E-state index contributed by atoms with van der Waals surface area (Å²) in [5.74, 6) is -1.60. The van der Waals surface area contributed by atoms with E-state index >= 15 is 0 Å². The number of aromatic hydroxyl groups is 1. The number of carbonyl (C=O) groups excluding carboxylic acids is 4. The molecule has 0 radical (unpaired) electrons. The minimum absolute atomic E-state index is 0.0203. The summed E-state index contributed by atoms with van der Waals surface area (Å²) in [7, 11) is 3.30. The molecular weight excluding hydrogens is 775 g/mol. The van der Waals surface area contributed by atoms with Gasteiger partial charge in [0.25, 0.3) is 5.91 Å². The number of phenols is 1. The van der Waals surface area contributed by atoms with Gasteiger partial charge in [0.05, 0.1) is 36.6 Å². The van der Waals surface area contributed by atoms with Gasteiger partial charge in [-0.2, -0.15) is 0 Å². The number of hydrazine groups is 1. The Balaban J connectivity index is 1.35. The first kappa shape index (κ1) is 43.8. The third kappa shape index (κ3) is 9.46. The van der Waals surface area contributed by atoms with E-state index in [0.29, 0.717) is 44.5 Å². The highest BCUT2D eigenvalue weighted by molar-refractivity contribution is 5.96. The number of hydrogen-bond acceptors (Lipinski definition) is 10. The summed E-state index contributed by atoms with van der Waals surface area (Å²) < 4.78 is 14.1. The molecule has 0 saturated carbocycles. The number of fused-ring (bicyclic) bond motifs is 6. The van der Waals surface area contributed by atoms with E-state index in [0.717, 1.165) is 44.5 Å². The van der Waals surface area contributed by atoms with Gasteiger partial charge in [0.2, 0.25) is 11.8 Å². The lowest BCUT2D eigenvalue weighted by Gasteiger charge is -2.37. The van der Waals surface area contributed by atoms with Gasteiger partial charge in [-0.3, -0.25) is 29.2 Å². The number of esters is 1. The van der Waals surface area contributed by atoms with Gasteiger partial charge in [0.15, 0.2) is 0 Å². The maximum Gasteiger partial charge on any atom is 0.307 e. The van der Waals surface area contributed by atoms with E-state index in [1.165, 1.54) is 9.91 Å². The van der Waals surface area contributed by atoms with Gasteiger partial charge in [-0.1, -0.05) is 39.8 Å². The summed E-state index contributed by atoms with van der Waals surface area (Å²) in [5, 5.41) is 19.8. The molecular formula is C47H61N7O7. The fourth-order valence-corrected chi connectivity index (χ4v) is 9.09. The second-order valence-corrected chi connectivity index (χ2v) is 18.0. The molecule has 7 rings (SSSR count). The highest BCUT2D eigenvalue weighted by Crippen LogP contribution is 2.42. The number of likely N-dealkylation sites (N-methyl/N-ethyl adjacent to an activating group) is 1. The number of cyclic esters (lactones) is 1. The van der Waals surface area contributed by atoms with Gasteiger partial charge in [-0.25, -0.2) is 5.43 Å². The minimum atomic E-state index is -1.06. The number of nitrogens with one attached hydrogen (secondary N) is 3. The molecule has 0 unspecified atom stereocenters. The SMILES string of the molecule is CCn1c(-c2cccnc2[C@H](C)OC)c2c3cc(ccc31)-c1cc(O)cc(c1)C[C@H](NC(=O)[C@H](C(C)C)N(C)C(=O)[C@@H]1CN1)C(=O)N1CCC[C@@H](CC(=O)OCC(C)(C)C2)N1. The lowest BCUT2D eigenvalue weighted by molar-refractivity contribution is -0.150. The second kappa shape index (κ2) is 18.0. The summed E-state index contributed by atoms with van der Waals surface area (Å²) in [5.41, 5.74) is 9.92. The Morgan fingerprint density at radius 1 is 1.10 bits per heavy atom. The first-order valence-electron chi connectivity index (χ1n) is 21.6. The van der Waals surface area contributed by atoms with Crippen LogP contribution in [0.25, 0.3) is 33.3 Å². The highest BCUT2D eigenvalue weighted by atomic mass is 16.5. The number of ether oxygens (including phenoxy) is 2. The van der Waals surface area contributed by atoms with Crippen molar-refractivity contribution in [3.8, 4) is 28.1 Å². The van der Waals surface area contributed by atoms with Crippen molar-refractivity contribution in [3.05, 3.63) is 71.5 Å². The number of amides is 3. The van der Waals surface area contributed by atoms with Gasteiger partial charge >= 0.3 is 5.97 Å². The van der Waals surface area contributed by atoms with Crippen molar-refractivity contribution in [1.82, 2.24) is 35.5 Å². The first-order valence-corrected chi connectivity index (χ1v) is 21.6. The van der Waals surface area contributed by atoms with Crippen LogP contribution in [0.5, 0.6) is 5.75 Å².